The minimum atomic E-state index is -0.907. The highest BCUT2D eigenvalue weighted by molar-refractivity contribution is 7.22. The number of carboxylic acids is 1. The highest BCUT2D eigenvalue weighted by Crippen LogP contribution is 2.34. The molecular formula is C13H12F2N2O2S. The van der Waals surface area contributed by atoms with Gasteiger partial charge in [0.05, 0.1) is 4.70 Å². The standard InChI is InChI=1S/C13H12F2N2O2S/c14-7-5-8(15)11-10(6-7)20-13(16-11)17-4-2-1-3-9(17)12(18)19/h5-6,9H,1-4H2,(H,18,19). The summed E-state index contributed by atoms with van der Waals surface area (Å²) in [5.74, 6) is -2.28. The number of carboxylic acid groups (broad SMARTS) is 1. The lowest BCUT2D eigenvalue weighted by Crippen LogP contribution is -2.44. The number of halogens is 2. The molecule has 1 N–H and O–H groups in total. The van der Waals surface area contributed by atoms with E-state index in [0.717, 1.165) is 30.2 Å². The van der Waals surface area contributed by atoms with E-state index < -0.39 is 23.6 Å². The molecule has 1 aromatic heterocycles. The van der Waals surface area contributed by atoms with E-state index in [0.29, 0.717) is 22.8 Å². The second-order valence-electron chi connectivity index (χ2n) is 4.77. The van der Waals surface area contributed by atoms with Crippen LogP contribution in [0.5, 0.6) is 0 Å². The molecule has 2 aromatic rings. The van der Waals surface area contributed by atoms with Crippen molar-refractivity contribution in [1.82, 2.24) is 4.98 Å². The molecule has 106 valence electrons. The van der Waals surface area contributed by atoms with Crippen molar-refractivity contribution in [1.29, 1.82) is 0 Å². The zero-order valence-corrected chi connectivity index (χ0v) is 11.3. The Morgan fingerprint density at radius 1 is 1.40 bits per heavy atom. The van der Waals surface area contributed by atoms with Crippen LogP contribution in [0.2, 0.25) is 0 Å². The zero-order valence-electron chi connectivity index (χ0n) is 10.5. The lowest BCUT2D eigenvalue weighted by Gasteiger charge is -2.32. The number of fused-ring (bicyclic) bond motifs is 1. The number of nitrogens with zero attached hydrogens (tertiary/aromatic N) is 2. The predicted molar refractivity (Wildman–Crippen MR) is 72.2 cm³/mol. The van der Waals surface area contributed by atoms with Gasteiger partial charge in [0, 0.05) is 12.6 Å². The molecule has 4 nitrogen and oxygen atoms in total. The fourth-order valence-corrected chi connectivity index (χ4v) is 3.57. The van der Waals surface area contributed by atoms with Crippen LogP contribution in [-0.2, 0) is 4.79 Å². The van der Waals surface area contributed by atoms with Gasteiger partial charge in [-0.15, -0.1) is 0 Å². The van der Waals surface area contributed by atoms with E-state index in [4.69, 9.17) is 0 Å². The minimum Gasteiger partial charge on any atom is -0.480 e. The first kappa shape index (κ1) is 13.2. The first-order valence-corrected chi connectivity index (χ1v) is 7.13. The largest absolute Gasteiger partial charge is 0.480 e. The molecule has 0 spiro atoms. The van der Waals surface area contributed by atoms with E-state index in [1.54, 1.807) is 4.90 Å². The summed E-state index contributed by atoms with van der Waals surface area (Å²) >= 11 is 1.12. The average Bonchev–Trinajstić information content (AvgIpc) is 2.82. The fraction of sp³-hybridized carbons (Fsp3) is 0.385. The maximum absolute atomic E-state index is 13.7. The molecule has 0 aliphatic carbocycles. The van der Waals surface area contributed by atoms with Gasteiger partial charge in [0.25, 0.3) is 0 Å². The Balaban J connectivity index is 2.04. The van der Waals surface area contributed by atoms with Crippen LogP contribution in [0.3, 0.4) is 0 Å². The van der Waals surface area contributed by atoms with Crippen LogP contribution < -0.4 is 4.90 Å². The van der Waals surface area contributed by atoms with Gasteiger partial charge in [0.2, 0.25) is 0 Å². The highest BCUT2D eigenvalue weighted by atomic mass is 32.1. The second kappa shape index (κ2) is 4.97. The van der Waals surface area contributed by atoms with E-state index in [1.165, 1.54) is 6.07 Å². The van der Waals surface area contributed by atoms with Gasteiger partial charge in [-0.2, -0.15) is 0 Å². The lowest BCUT2D eigenvalue weighted by atomic mass is 10.0. The number of hydrogen-bond donors (Lipinski definition) is 1. The quantitative estimate of drug-likeness (QED) is 0.926. The van der Waals surface area contributed by atoms with Crippen LogP contribution in [-0.4, -0.2) is 28.6 Å². The van der Waals surface area contributed by atoms with Crippen molar-refractivity contribution in [2.75, 3.05) is 11.4 Å². The molecule has 1 fully saturated rings. The molecule has 1 saturated heterocycles. The molecular weight excluding hydrogens is 286 g/mol. The number of aliphatic carboxylic acids is 1. The van der Waals surface area contributed by atoms with E-state index in [2.05, 4.69) is 4.98 Å². The Labute approximate surface area is 117 Å². The third kappa shape index (κ3) is 2.22. The van der Waals surface area contributed by atoms with Crippen LogP contribution in [0, 0.1) is 11.6 Å². The van der Waals surface area contributed by atoms with E-state index >= 15 is 0 Å². The highest BCUT2D eigenvalue weighted by Gasteiger charge is 2.30. The van der Waals surface area contributed by atoms with Crippen molar-refractivity contribution in [3.63, 3.8) is 0 Å². The number of aromatic nitrogens is 1. The molecule has 1 aliphatic rings. The Kier molecular flexibility index (Phi) is 3.29. The topological polar surface area (TPSA) is 53.4 Å². The summed E-state index contributed by atoms with van der Waals surface area (Å²) in [6, 6.07) is 1.37. The molecule has 0 bridgehead atoms. The third-order valence-electron chi connectivity index (χ3n) is 3.44. The monoisotopic (exact) mass is 298 g/mol. The van der Waals surface area contributed by atoms with Gasteiger partial charge in [-0.1, -0.05) is 11.3 Å². The molecule has 1 aromatic carbocycles. The molecule has 7 heteroatoms. The molecule has 0 radical (unpaired) electrons. The normalized spacial score (nSPS) is 19.5. The van der Waals surface area contributed by atoms with Crippen molar-refractivity contribution < 1.29 is 18.7 Å². The van der Waals surface area contributed by atoms with Crippen molar-refractivity contribution in [2.24, 2.45) is 0 Å². The van der Waals surface area contributed by atoms with E-state index in [1.807, 2.05) is 0 Å². The van der Waals surface area contributed by atoms with Crippen molar-refractivity contribution in [3.8, 4) is 0 Å². The Hall–Kier alpha value is -1.76. The molecule has 0 amide bonds. The van der Waals surface area contributed by atoms with Gasteiger partial charge in [0.15, 0.2) is 10.9 Å². The molecule has 3 rings (SSSR count). The van der Waals surface area contributed by atoms with Gasteiger partial charge < -0.3 is 10.0 Å². The summed E-state index contributed by atoms with van der Waals surface area (Å²) < 4.78 is 27.2. The summed E-state index contributed by atoms with van der Waals surface area (Å²) in [6.45, 7) is 0.570. The minimum absolute atomic E-state index is 0.0983. The predicted octanol–water partition coefficient (Wildman–Crippen LogP) is 3.02. The van der Waals surface area contributed by atoms with E-state index in [9.17, 15) is 18.7 Å². The fourth-order valence-electron chi connectivity index (χ4n) is 2.49. The zero-order chi connectivity index (χ0) is 14.3. The summed E-state index contributed by atoms with van der Waals surface area (Å²) in [4.78, 5) is 17.1. The summed E-state index contributed by atoms with van der Waals surface area (Å²) in [5, 5.41) is 9.69. The smallest absolute Gasteiger partial charge is 0.326 e. The lowest BCUT2D eigenvalue weighted by molar-refractivity contribution is -0.139. The summed E-state index contributed by atoms with van der Waals surface area (Å²) in [5.41, 5.74) is 0.0983. The van der Waals surface area contributed by atoms with Gasteiger partial charge in [-0.05, 0) is 25.3 Å². The number of thiazole rings is 1. The van der Waals surface area contributed by atoms with E-state index in [-0.39, 0.29) is 5.52 Å². The van der Waals surface area contributed by atoms with Gasteiger partial charge >= 0.3 is 5.97 Å². The number of rotatable bonds is 2. The molecule has 1 aliphatic heterocycles. The number of benzene rings is 1. The Morgan fingerprint density at radius 2 is 2.20 bits per heavy atom. The van der Waals surface area contributed by atoms with Crippen LogP contribution in [0.25, 0.3) is 10.2 Å². The average molecular weight is 298 g/mol. The van der Waals surface area contributed by atoms with Gasteiger partial charge in [-0.25, -0.2) is 18.6 Å². The molecule has 0 saturated carbocycles. The molecule has 1 atom stereocenters. The first-order chi connectivity index (χ1) is 9.56. The van der Waals surface area contributed by atoms with Crippen LogP contribution in [0.1, 0.15) is 19.3 Å². The third-order valence-corrected chi connectivity index (χ3v) is 4.47. The molecule has 1 unspecified atom stereocenters. The number of hydrogen-bond acceptors (Lipinski definition) is 4. The van der Waals surface area contributed by atoms with Crippen molar-refractivity contribution >= 4 is 32.7 Å². The molecule has 2 heterocycles. The first-order valence-electron chi connectivity index (χ1n) is 6.31. The van der Waals surface area contributed by atoms with Crippen LogP contribution in [0.4, 0.5) is 13.9 Å². The Bertz CT molecular complexity index is 674. The second-order valence-corrected chi connectivity index (χ2v) is 5.78. The SMILES string of the molecule is O=C(O)C1CCCCN1c1nc2c(F)cc(F)cc2s1. The van der Waals surface area contributed by atoms with Crippen LogP contribution in [0.15, 0.2) is 12.1 Å². The number of piperidine rings is 1. The van der Waals surface area contributed by atoms with Crippen molar-refractivity contribution in [3.05, 3.63) is 23.8 Å². The number of carbonyl (C=O) groups is 1. The molecule has 20 heavy (non-hydrogen) atoms. The van der Waals surface area contributed by atoms with Gasteiger partial charge in [0.1, 0.15) is 17.4 Å². The summed E-state index contributed by atoms with van der Waals surface area (Å²) in [6.07, 6.45) is 2.26. The van der Waals surface area contributed by atoms with Crippen LogP contribution >= 0.6 is 11.3 Å². The number of anilines is 1. The maximum Gasteiger partial charge on any atom is 0.326 e. The van der Waals surface area contributed by atoms with Gasteiger partial charge in [-0.3, -0.25) is 0 Å². The Morgan fingerprint density at radius 3 is 2.95 bits per heavy atom. The van der Waals surface area contributed by atoms with Crippen molar-refractivity contribution in [2.45, 2.75) is 25.3 Å². The maximum atomic E-state index is 13.7. The summed E-state index contributed by atoms with van der Waals surface area (Å²) in [7, 11) is 0.